The van der Waals surface area contributed by atoms with Gasteiger partial charge in [0.1, 0.15) is 29.0 Å². The number of aryl methyl sites for hydroxylation is 1. The number of H-pyrrole nitrogens is 1. The second-order valence-electron chi connectivity index (χ2n) is 8.21. The number of hydrogen-bond donors (Lipinski definition) is 2. The van der Waals surface area contributed by atoms with Crippen LogP contribution >= 0.6 is 11.6 Å². The zero-order chi connectivity index (χ0) is 24.6. The summed E-state index contributed by atoms with van der Waals surface area (Å²) in [4.78, 5) is 18.0. The SMILES string of the molecule is N#Cc1cccn1CCC(NS(=O)(=O)c1cc2[nH]ccc2cc1Cl)C(=O)N1CCn2cnnc2C1. The van der Waals surface area contributed by atoms with E-state index in [2.05, 4.69) is 26.0 Å². The lowest BCUT2D eigenvalue weighted by Gasteiger charge is -2.31. The maximum Gasteiger partial charge on any atom is 0.242 e. The summed E-state index contributed by atoms with van der Waals surface area (Å²) in [5, 5.41) is 18.0. The van der Waals surface area contributed by atoms with E-state index in [0.29, 0.717) is 30.1 Å². The van der Waals surface area contributed by atoms with E-state index in [0.717, 1.165) is 5.39 Å². The number of nitrogens with one attached hydrogen (secondary N) is 2. The molecular weight excluding hydrogens is 492 g/mol. The van der Waals surface area contributed by atoms with Crippen molar-refractivity contribution in [3.63, 3.8) is 0 Å². The van der Waals surface area contributed by atoms with Crippen LogP contribution in [0.1, 0.15) is 17.9 Å². The summed E-state index contributed by atoms with van der Waals surface area (Å²) >= 11 is 6.31. The summed E-state index contributed by atoms with van der Waals surface area (Å²) in [6.07, 6.45) is 5.14. The molecule has 2 N–H and O–H groups in total. The number of nitriles is 1. The van der Waals surface area contributed by atoms with Crippen LogP contribution in [0.2, 0.25) is 5.02 Å². The van der Waals surface area contributed by atoms with Crippen LogP contribution in [-0.4, -0.2) is 56.1 Å². The van der Waals surface area contributed by atoms with Crippen molar-refractivity contribution >= 4 is 38.4 Å². The Bertz CT molecular complexity index is 1550. The maximum atomic E-state index is 13.5. The van der Waals surface area contributed by atoms with Crippen LogP contribution < -0.4 is 4.72 Å². The van der Waals surface area contributed by atoms with Crippen molar-refractivity contribution < 1.29 is 13.2 Å². The zero-order valence-electron chi connectivity index (χ0n) is 18.4. The molecule has 1 aromatic carbocycles. The number of rotatable bonds is 7. The van der Waals surface area contributed by atoms with Crippen LogP contribution in [0.15, 0.2) is 53.9 Å². The highest BCUT2D eigenvalue weighted by molar-refractivity contribution is 7.89. The number of aromatic amines is 1. The molecule has 1 aliphatic heterocycles. The van der Waals surface area contributed by atoms with Crippen molar-refractivity contribution in [3.05, 3.63) is 65.6 Å². The van der Waals surface area contributed by atoms with Crippen LogP contribution in [0, 0.1) is 11.3 Å². The van der Waals surface area contributed by atoms with E-state index >= 15 is 0 Å². The normalized spacial score (nSPS) is 14.6. The molecule has 0 radical (unpaired) electrons. The minimum atomic E-state index is -4.16. The Balaban J connectivity index is 1.43. The quantitative estimate of drug-likeness (QED) is 0.387. The van der Waals surface area contributed by atoms with E-state index in [1.807, 2.05) is 4.57 Å². The molecule has 35 heavy (non-hydrogen) atoms. The van der Waals surface area contributed by atoms with E-state index in [1.54, 1.807) is 52.5 Å². The summed E-state index contributed by atoms with van der Waals surface area (Å²) < 4.78 is 32.9. The van der Waals surface area contributed by atoms with Gasteiger partial charge in [-0.2, -0.15) is 9.98 Å². The van der Waals surface area contributed by atoms with E-state index < -0.39 is 16.1 Å². The summed E-state index contributed by atoms with van der Waals surface area (Å²) in [6.45, 7) is 1.39. The van der Waals surface area contributed by atoms with E-state index in [9.17, 15) is 18.5 Å². The molecule has 1 aliphatic rings. The van der Waals surface area contributed by atoms with E-state index in [1.165, 1.54) is 6.07 Å². The maximum absolute atomic E-state index is 13.5. The fourth-order valence-corrected chi connectivity index (χ4v) is 5.98. The highest BCUT2D eigenvalue weighted by Crippen LogP contribution is 2.27. The van der Waals surface area contributed by atoms with Crippen molar-refractivity contribution in [3.8, 4) is 6.07 Å². The van der Waals surface area contributed by atoms with Gasteiger partial charge >= 0.3 is 0 Å². The number of halogens is 1. The van der Waals surface area contributed by atoms with Crippen LogP contribution in [0.5, 0.6) is 0 Å². The number of hydrogen-bond acceptors (Lipinski definition) is 6. The Kier molecular flexibility index (Phi) is 6.06. The van der Waals surface area contributed by atoms with Crippen molar-refractivity contribution in [2.24, 2.45) is 0 Å². The Morgan fingerprint density at radius 3 is 3.00 bits per heavy atom. The number of carbonyl (C=O) groups is 1. The Morgan fingerprint density at radius 2 is 2.17 bits per heavy atom. The third-order valence-corrected chi connectivity index (χ3v) is 7.98. The lowest BCUT2D eigenvalue weighted by Crippen LogP contribution is -2.50. The lowest BCUT2D eigenvalue weighted by atomic mass is 10.1. The zero-order valence-corrected chi connectivity index (χ0v) is 20.0. The average Bonchev–Trinajstić information content (AvgIpc) is 3.60. The van der Waals surface area contributed by atoms with Gasteiger partial charge in [0.15, 0.2) is 5.82 Å². The van der Waals surface area contributed by atoms with Crippen molar-refractivity contribution in [2.45, 2.75) is 37.0 Å². The van der Waals surface area contributed by atoms with Crippen molar-refractivity contribution in [1.82, 2.24) is 33.9 Å². The van der Waals surface area contributed by atoms with Crippen LogP contribution in [0.3, 0.4) is 0 Å². The van der Waals surface area contributed by atoms with Crippen molar-refractivity contribution in [2.75, 3.05) is 6.54 Å². The number of nitrogens with zero attached hydrogens (tertiary/aromatic N) is 6. The number of benzene rings is 1. The Hall–Kier alpha value is -3.66. The summed E-state index contributed by atoms with van der Waals surface area (Å²) in [5.41, 5.74) is 1.03. The van der Waals surface area contributed by atoms with Crippen LogP contribution in [-0.2, 0) is 34.5 Å². The fourth-order valence-electron chi connectivity index (χ4n) is 4.20. The smallest absolute Gasteiger partial charge is 0.242 e. The minimum absolute atomic E-state index is 0.0547. The fraction of sp³-hybridized carbons (Fsp3) is 0.273. The molecule has 0 saturated carbocycles. The van der Waals surface area contributed by atoms with Gasteiger partial charge in [-0.25, -0.2) is 8.42 Å². The first-order valence-electron chi connectivity index (χ1n) is 10.9. The summed E-state index contributed by atoms with van der Waals surface area (Å²) in [5.74, 6) is 0.245. The van der Waals surface area contributed by atoms with Gasteiger partial charge in [0, 0.05) is 42.9 Å². The van der Waals surface area contributed by atoms with Gasteiger partial charge in [-0.1, -0.05) is 11.6 Å². The molecule has 11 nitrogen and oxygen atoms in total. The molecule has 1 atom stereocenters. The van der Waals surface area contributed by atoms with Gasteiger partial charge in [-0.05, 0) is 36.8 Å². The lowest BCUT2D eigenvalue weighted by molar-refractivity contribution is -0.134. The predicted molar refractivity (Wildman–Crippen MR) is 127 cm³/mol. The van der Waals surface area contributed by atoms with Gasteiger partial charge in [-0.3, -0.25) is 4.79 Å². The van der Waals surface area contributed by atoms with E-state index in [4.69, 9.17) is 11.6 Å². The predicted octanol–water partition coefficient (Wildman–Crippen LogP) is 1.87. The van der Waals surface area contributed by atoms with Gasteiger partial charge in [-0.15, -0.1) is 10.2 Å². The molecule has 5 rings (SSSR count). The molecule has 13 heteroatoms. The number of fused-ring (bicyclic) bond motifs is 2. The molecule has 4 aromatic rings. The van der Waals surface area contributed by atoms with E-state index in [-0.39, 0.29) is 35.3 Å². The molecule has 180 valence electrons. The number of sulfonamides is 1. The minimum Gasteiger partial charge on any atom is -0.361 e. The molecule has 0 spiro atoms. The molecule has 1 unspecified atom stereocenters. The second kappa shape index (κ2) is 9.18. The molecule has 4 heterocycles. The molecule has 0 bridgehead atoms. The third-order valence-electron chi connectivity index (χ3n) is 6.04. The van der Waals surface area contributed by atoms with Gasteiger partial charge in [0.2, 0.25) is 15.9 Å². The van der Waals surface area contributed by atoms with Crippen molar-refractivity contribution in [1.29, 1.82) is 5.26 Å². The standard InChI is InChI=1S/C22H21ClN8O3S/c23-17-10-15-3-5-25-19(15)11-20(17)35(33,34)28-18(4-7-29-6-1-2-16(29)12-24)22(32)30-8-9-31-14-26-27-21(31)13-30/h1-3,5-6,10-11,14,18,25,28H,4,7-9,13H2. The molecule has 1 amide bonds. The average molecular weight is 513 g/mol. The first-order chi connectivity index (χ1) is 16.9. The Labute approximate surface area is 206 Å². The topological polar surface area (TPSA) is 142 Å². The first kappa shape index (κ1) is 23.1. The molecular formula is C22H21ClN8O3S. The number of amides is 1. The largest absolute Gasteiger partial charge is 0.361 e. The molecule has 0 fully saturated rings. The van der Waals surface area contributed by atoms with Crippen LogP contribution in [0.4, 0.5) is 0 Å². The van der Waals surface area contributed by atoms with Gasteiger partial charge in [0.05, 0.1) is 11.6 Å². The Morgan fingerprint density at radius 1 is 1.31 bits per heavy atom. The van der Waals surface area contributed by atoms with Gasteiger partial charge < -0.3 is 19.0 Å². The molecule has 0 saturated heterocycles. The molecule has 3 aromatic heterocycles. The second-order valence-corrected chi connectivity index (χ2v) is 10.3. The first-order valence-corrected chi connectivity index (χ1v) is 12.7. The highest BCUT2D eigenvalue weighted by atomic mass is 35.5. The highest BCUT2D eigenvalue weighted by Gasteiger charge is 2.32. The number of aromatic nitrogens is 5. The monoisotopic (exact) mass is 512 g/mol. The third kappa shape index (κ3) is 4.53. The molecule has 0 aliphatic carbocycles. The summed E-state index contributed by atoms with van der Waals surface area (Å²) in [6, 6.07) is 9.18. The van der Waals surface area contributed by atoms with Crippen LogP contribution in [0.25, 0.3) is 10.9 Å². The van der Waals surface area contributed by atoms with Gasteiger partial charge in [0.25, 0.3) is 0 Å². The summed E-state index contributed by atoms with van der Waals surface area (Å²) in [7, 11) is -4.16. The number of carbonyl (C=O) groups excluding carboxylic acids is 1.